The van der Waals surface area contributed by atoms with E-state index >= 15 is 0 Å². The number of benzene rings is 2. The highest BCUT2D eigenvalue weighted by atomic mass is 35.5. The number of amides is 1. The van der Waals surface area contributed by atoms with Gasteiger partial charge in [-0.3, -0.25) is 9.10 Å². The lowest BCUT2D eigenvalue weighted by Crippen LogP contribution is -2.45. The van der Waals surface area contributed by atoms with Crippen LogP contribution in [-0.4, -0.2) is 33.7 Å². The van der Waals surface area contributed by atoms with Crippen molar-refractivity contribution < 1.29 is 17.9 Å². The van der Waals surface area contributed by atoms with Gasteiger partial charge in [0.25, 0.3) is 0 Å². The molecule has 0 aliphatic carbocycles. The molecule has 2 rings (SSSR count). The maximum absolute atomic E-state index is 13.0. The van der Waals surface area contributed by atoms with E-state index in [-0.39, 0.29) is 5.69 Å². The summed E-state index contributed by atoms with van der Waals surface area (Å²) in [6.45, 7) is 5.42. The second kappa shape index (κ2) is 8.84. The zero-order valence-corrected chi connectivity index (χ0v) is 18.2. The van der Waals surface area contributed by atoms with Crippen molar-refractivity contribution in [3.63, 3.8) is 0 Å². The Morgan fingerprint density at radius 3 is 2.54 bits per heavy atom. The van der Waals surface area contributed by atoms with Crippen LogP contribution in [0.5, 0.6) is 5.75 Å². The van der Waals surface area contributed by atoms with Gasteiger partial charge in [-0.15, -0.1) is 0 Å². The van der Waals surface area contributed by atoms with Crippen LogP contribution in [0.2, 0.25) is 5.02 Å². The molecule has 6 nitrogen and oxygen atoms in total. The summed E-state index contributed by atoms with van der Waals surface area (Å²) in [6.07, 6.45) is 1.78. The van der Waals surface area contributed by atoms with Crippen LogP contribution in [0.15, 0.2) is 36.4 Å². The third-order valence-corrected chi connectivity index (χ3v) is 5.92. The molecule has 0 unspecified atom stereocenters. The summed E-state index contributed by atoms with van der Waals surface area (Å²) in [4.78, 5) is 13.0. The maximum Gasteiger partial charge on any atom is 0.248 e. The predicted octanol–water partition coefficient (Wildman–Crippen LogP) is 4.01. The van der Waals surface area contributed by atoms with Crippen molar-refractivity contribution in [3.05, 3.63) is 52.5 Å². The van der Waals surface area contributed by atoms with Crippen molar-refractivity contribution >= 4 is 38.9 Å². The molecule has 152 valence electrons. The number of ether oxygens (including phenoxy) is 1. The van der Waals surface area contributed by atoms with Crippen LogP contribution in [-0.2, 0) is 21.2 Å². The van der Waals surface area contributed by atoms with E-state index in [9.17, 15) is 13.2 Å². The Morgan fingerprint density at radius 1 is 1.29 bits per heavy atom. The van der Waals surface area contributed by atoms with Crippen LogP contribution in [0, 0.1) is 6.92 Å². The number of para-hydroxylation sites is 1. The second-order valence-corrected chi connectivity index (χ2v) is 8.80. The van der Waals surface area contributed by atoms with Crippen molar-refractivity contribution in [2.24, 2.45) is 0 Å². The van der Waals surface area contributed by atoms with Crippen molar-refractivity contribution in [3.8, 4) is 5.75 Å². The molecule has 0 aromatic heterocycles. The summed E-state index contributed by atoms with van der Waals surface area (Å²) in [6, 6.07) is 9.36. The topological polar surface area (TPSA) is 75.7 Å². The number of methoxy groups -OCH3 is 1. The van der Waals surface area contributed by atoms with E-state index in [1.165, 1.54) is 20.1 Å². The van der Waals surface area contributed by atoms with E-state index in [1.807, 2.05) is 32.0 Å². The van der Waals surface area contributed by atoms with Crippen molar-refractivity contribution in [1.29, 1.82) is 0 Å². The van der Waals surface area contributed by atoms with Gasteiger partial charge in [-0.2, -0.15) is 0 Å². The first kappa shape index (κ1) is 22.0. The molecule has 0 saturated heterocycles. The van der Waals surface area contributed by atoms with Crippen LogP contribution in [0.4, 0.5) is 11.4 Å². The molecule has 1 amide bonds. The standard InChI is InChI=1S/C20H25ClN2O4S/c1-6-15-9-7-8-13(2)19(15)22-20(24)14(3)23(28(5,25)26)17-12-16(21)10-11-18(17)27-4/h7-12,14H,6H2,1-5H3,(H,22,24)/t14-/m1/s1. The second-order valence-electron chi connectivity index (χ2n) is 6.50. The monoisotopic (exact) mass is 424 g/mol. The number of nitrogens with zero attached hydrogens (tertiary/aromatic N) is 1. The highest BCUT2D eigenvalue weighted by molar-refractivity contribution is 7.92. The van der Waals surface area contributed by atoms with Gasteiger partial charge in [-0.25, -0.2) is 8.42 Å². The fraction of sp³-hybridized carbons (Fsp3) is 0.350. The zero-order chi connectivity index (χ0) is 21.1. The Kier molecular flexibility index (Phi) is 6.96. The number of halogens is 1. The number of aryl methyl sites for hydroxylation is 2. The van der Waals surface area contributed by atoms with Crippen LogP contribution in [0.3, 0.4) is 0 Å². The van der Waals surface area contributed by atoms with Gasteiger partial charge in [-0.1, -0.05) is 36.7 Å². The lowest BCUT2D eigenvalue weighted by atomic mass is 10.1. The number of carbonyl (C=O) groups excluding carboxylic acids is 1. The van der Waals surface area contributed by atoms with Gasteiger partial charge < -0.3 is 10.1 Å². The van der Waals surface area contributed by atoms with Crippen LogP contribution < -0.4 is 14.4 Å². The summed E-state index contributed by atoms with van der Waals surface area (Å²) in [5, 5.41) is 3.22. The van der Waals surface area contributed by atoms with Gasteiger partial charge in [-0.05, 0) is 49.6 Å². The van der Waals surface area contributed by atoms with E-state index in [4.69, 9.17) is 16.3 Å². The molecule has 0 bridgehead atoms. The molecule has 1 atom stereocenters. The summed E-state index contributed by atoms with van der Waals surface area (Å²) < 4.78 is 31.4. The number of carbonyl (C=O) groups is 1. The first-order valence-electron chi connectivity index (χ1n) is 8.82. The lowest BCUT2D eigenvalue weighted by molar-refractivity contribution is -0.116. The smallest absolute Gasteiger partial charge is 0.248 e. The minimum Gasteiger partial charge on any atom is -0.495 e. The summed E-state index contributed by atoms with van der Waals surface area (Å²) in [5.74, 6) is -0.143. The van der Waals surface area contributed by atoms with Crippen LogP contribution in [0.1, 0.15) is 25.0 Å². The first-order chi connectivity index (χ1) is 13.1. The molecular weight excluding hydrogens is 400 g/mol. The summed E-state index contributed by atoms with van der Waals surface area (Å²) >= 11 is 6.06. The number of hydrogen-bond donors (Lipinski definition) is 1. The average Bonchev–Trinajstić information content (AvgIpc) is 2.62. The normalized spacial score (nSPS) is 12.4. The molecule has 0 aliphatic heterocycles. The molecule has 0 aliphatic rings. The molecule has 28 heavy (non-hydrogen) atoms. The largest absolute Gasteiger partial charge is 0.495 e. The number of rotatable bonds is 7. The lowest BCUT2D eigenvalue weighted by Gasteiger charge is -2.30. The van der Waals surface area contributed by atoms with Crippen molar-refractivity contribution in [1.82, 2.24) is 0 Å². The van der Waals surface area contributed by atoms with Crippen molar-refractivity contribution in [2.45, 2.75) is 33.2 Å². The van der Waals surface area contributed by atoms with E-state index in [2.05, 4.69) is 5.32 Å². The molecule has 2 aromatic rings. The highest BCUT2D eigenvalue weighted by Gasteiger charge is 2.32. The third kappa shape index (κ3) is 4.77. The number of hydrogen-bond acceptors (Lipinski definition) is 4. The Hall–Kier alpha value is -2.25. The molecule has 0 spiro atoms. The van der Waals surface area contributed by atoms with Gasteiger partial charge in [0, 0.05) is 10.7 Å². The molecular formula is C20H25ClN2O4S. The number of sulfonamides is 1. The molecule has 0 fully saturated rings. The van der Waals surface area contributed by atoms with E-state index in [0.717, 1.165) is 28.1 Å². The first-order valence-corrected chi connectivity index (χ1v) is 11.0. The van der Waals surface area contributed by atoms with Crippen LogP contribution >= 0.6 is 11.6 Å². The Morgan fingerprint density at radius 2 is 1.96 bits per heavy atom. The van der Waals surface area contributed by atoms with Gasteiger partial charge in [0.1, 0.15) is 11.8 Å². The summed E-state index contributed by atoms with van der Waals surface area (Å²) in [7, 11) is -2.37. The number of anilines is 2. The minimum absolute atomic E-state index is 0.209. The Labute approximate surface area is 171 Å². The van der Waals surface area contributed by atoms with Gasteiger partial charge in [0.15, 0.2) is 0 Å². The van der Waals surface area contributed by atoms with E-state index in [1.54, 1.807) is 12.1 Å². The van der Waals surface area contributed by atoms with E-state index in [0.29, 0.717) is 16.5 Å². The summed E-state index contributed by atoms with van der Waals surface area (Å²) in [5.41, 5.74) is 2.80. The molecule has 0 saturated carbocycles. The van der Waals surface area contributed by atoms with Crippen molar-refractivity contribution in [2.75, 3.05) is 23.0 Å². The zero-order valence-electron chi connectivity index (χ0n) is 16.6. The quantitative estimate of drug-likeness (QED) is 0.728. The molecule has 0 heterocycles. The molecule has 1 N–H and O–H groups in total. The fourth-order valence-electron chi connectivity index (χ4n) is 3.05. The third-order valence-electron chi connectivity index (χ3n) is 4.46. The maximum atomic E-state index is 13.0. The minimum atomic E-state index is -3.80. The van der Waals surface area contributed by atoms with Gasteiger partial charge >= 0.3 is 0 Å². The SMILES string of the molecule is CCc1cccc(C)c1NC(=O)[C@@H](C)N(c1cc(Cl)ccc1OC)S(C)(=O)=O. The molecule has 2 aromatic carbocycles. The Balaban J connectivity index is 2.47. The number of nitrogens with one attached hydrogen (secondary N) is 1. The average molecular weight is 425 g/mol. The van der Waals surface area contributed by atoms with Gasteiger partial charge in [0.2, 0.25) is 15.9 Å². The fourth-order valence-corrected chi connectivity index (χ4v) is 4.38. The molecule has 0 radical (unpaired) electrons. The predicted molar refractivity (Wildman–Crippen MR) is 114 cm³/mol. The van der Waals surface area contributed by atoms with Crippen LogP contribution in [0.25, 0.3) is 0 Å². The molecule has 8 heteroatoms. The highest BCUT2D eigenvalue weighted by Crippen LogP contribution is 2.34. The Bertz CT molecular complexity index is 976. The van der Waals surface area contributed by atoms with Gasteiger partial charge in [0.05, 0.1) is 19.1 Å². The van der Waals surface area contributed by atoms with E-state index < -0.39 is 22.0 Å².